The van der Waals surface area contributed by atoms with Crippen LogP contribution in [0.25, 0.3) is 0 Å². The molecule has 6 aliphatic rings. The molecule has 0 unspecified atom stereocenters. The lowest BCUT2D eigenvalue weighted by Crippen LogP contribution is -2.64. The molecule has 5 fully saturated rings. The number of hydrogen-bond donors (Lipinski definition) is 4. The average molecular weight is 603 g/mol. The largest absolute Gasteiger partial charge is 0.432 e. The Labute approximate surface area is 258 Å². The Kier molecular flexibility index (Phi) is 7.62. The maximum absolute atomic E-state index is 14.4. The van der Waals surface area contributed by atoms with Crippen molar-refractivity contribution in [2.45, 2.75) is 150 Å². The van der Waals surface area contributed by atoms with E-state index in [-0.39, 0.29) is 28.1 Å². The summed E-state index contributed by atoms with van der Waals surface area (Å²) in [5, 5.41) is 41.0. The van der Waals surface area contributed by atoms with Crippen molar-refractivity contribution in [3.63, 3.8) is 0 Å². The van der Waals surface area contributed by atoms with Crippen LogP contribution in [0.15, 0.2) is 11.6 Å². The van der Waals surface area contributed by atoms with Crippen LogP contribution in [0.2, 0.25) is 0 Å². The number of ether oxygens (including phenoxy) is 2. The number of allylic oxidation sites excluding steroid dienone is 2. The highest BCUT2D eigenvalue weighted by atomic mass is 16.7. The molecular formula is C36H58O7. The Balaban J connectivity index is 1.35. The highest BCUT2D eigenvalue weighted by Crippen LogP contribution is 2.75. The third-order valence-corrected chi connectivity index (χ3v) is 14.9. The van der Waals surface area contributed by atoms with E-state index in [1.54, 1.807) is 0 Å². The van der Waals surface area contributed by atoms with Crippen LogP contribution in [0.5, 0.6) is 0 Å². The first kappa shape index (κ1) is 32.0. The van der Waals surface area contributed by atoms with Crippen molar-refractivity contribution in [1.82, 2.24) is 0 Å². The molecule has 0 aromatic carbocycles. The predicted octanol–water partition coefficient (Wildman–Crippen LogP) is 5.52. The zero-order valence-corrected chi connectivity index (χ0v) is 27.7. The van der Waals surface area contributed by atoms with E-state index in [1.165, 1.54) is 37.7 Å². The topological polar surface area (TPSA) is 116 Å². The molecule has 0 aromatic rings. The van der Waals surface area contributed by atoms with E-state index < -0.39 is 42.7 Å². The summed E-state index contributed by atoms with van der Waals surface area (Å²) in [4.78, 5) is 14.4. The van der Waals surface area contributed by atoms with Gasteiger partial charge in [0.25, 0.3) is 0 Å². The van der Waals surface area contributed by atoms with Gasteiger partial charge in [0.2, 0.25) is 6.29 Å². The van der Waals surface area contributed by atoms with E-state index in [0.717, 1.165) is 38.0 Å². The molecule has 0 bridgehead atoms. The van der Waals surface area contributed by atoms with Crippen molar-refractivity contribution in [2.24, 2.45) is 50.2 Å². The lowest BCUT2D eigenvalue weighted by atomic mass is 9.33. The number of carbonyl (C=O) groups is 1. The third kappa shape index (κ3) is 4.48. The molecule has 1 saturated heterocycles. The van der Waals surface area contributed by atoms with Gasteiger partial charge in [-0.2, -0.15) is 0 Å². The molecule has 7 nitrogen and oxygen atoms in total. The third-order valence-electron chi connectivity index (χ3n) is 14.9. The van der Waals surface area contributed by atoms with Crippen LogP contribution < -0.4 is 0 Å². The fraction of sp³-hybridized carbons (Fsp3) is 0.917. The molecule has 244 valence electrons. The first-order valence-corrected chi connectivity index (χ1v) is 17.2. The van der Waals surface area contributed by atoms with Crippen LogP contribution in [0.3, 0.4) is 0 Å². The molecule has 0 aromatic heterocycles. The van der Waals surface area contributed by atoms with Gasteiger partial charge in [-0.3, -0.25) is 4.79 Å². The van der Waals surface area contributed by atoms with Gasteiger partial charge in [-0.1, -0.05) is 66.5 Å². The zero-order chi connectivity index (χ0) is 31.4. The summed E-state index contributed by atoms with van der Waals surface area (Å²) in [6.45, 7) is 16.8. The predicted molar refractivity (Wildman–Crippen MR) is 164 cm³/mol. The van der Waals surface area contributed by atoms with Crippen molar-refractivity contribution in [2.75, 3.05) is 6.61 Å². The zero-order valence-electron chi connectivity index (χ0n) is 27.7. The van der Waals surface area contributed by atoms with Gasteiger partial charge in [-0.05, 0) is 109 Å². The molecule has 0 spiro atoms. The van der Waals surface area contributed by atoms with Crippen molar-refractivity contribution in [3.05, 3.63) is 11.6 Å². The fourth-order valence-electron chi connectivity index (χ4n) is 12.1. The summed E-state index contributed by atoms with van der Waals surface area (Å²) in [6.07, 6.45) is 7.07. The highest BCUT2D eigenvalue weighted by Gasteiger charge is 2.69. The monoisotopic (exact) mass is 602 g/mol. The van der Waals surface area contributed by atoms with Crippen molar-refractivity contribution in [3.8, 4) is 0 Å². The van der Waals surface area contributed by atoms with Crippen LogP contribution >= 0.6 is 0 Å². The number of aliphatic hydroxyl groups is 4. The average Bonchev–Trinajstić information content (AvgIpc) is 2.92. The molecule has 5 aliphatic carbocycles. The standard InChI is InChI=1S/C36H58O7/c1-31(2)15-17-36(30(41)43-29-28(40)27(39)26(38)23(20-37)42-29)18-16-34(6)21(22(36)19-31)9-10-25-33(5)13-8-12-32(3,4)24(33)11-14-35(25,34)7/h9,22-29,37-40H,8,10-20H2,1-7H3/t22-,23+,24-,25+,26+,27-,28+,29-,33-,34+,35+,36-/m0/s1. The maximum atomic E-state index is 14.4. The molecule has 7 heteroatoms. The minimum absolute atomic E-state index is 0.00348. The normalized spacial score (nSPS) is 52.0. The first-order valence-electron chi connectivity index (χ1n) is 17.2. The minimum Gasteiger partial charge on any atom is -0.432 e. The van der Waals surface area contributed by atoms with Crippen LogP contribution in [0, 0.1) is 50.2 Å². The van der Waals surface area contributed by atoms with Crippen molar-refractivity contribution >= 4 is 5.97 Å². The number of rotatable bonds is 3. The summed E-state index contributed by atoms with van der Waals surface area (Å²) in [7, 11) is 0. The molecular weight excluding hydrogens is 544 g/mol. The lowest BCUT2D eigenvalue weighted by Gasteiger charge is -2.71. The summed E-state index contributed by atoms with van der Waals surface area (Å²) in [5.41, 5.74) is 1.67. The van der Waals surface area contributed by atoms with Crippen molar-refractivity contribution in [1.29, 1.82) is 0 Å². The Bertz CT molecular complexity index is 1140. The lowest BCUT2D eigenvalue weighted by molar-refractivity contribution is -0.297. The second-order valence-corrected chi connectivity index (χ2v) is 17.8. The molecule has 0 amide bonds. The van der Waals surface area contributed by atoms with Gasteiger partial charge >= 0.3 is 5.97 Å². The van der Waals surface area contributed by atoms with Gasteiger partial charge in [0.05, 0.1) is 12.0 Å². The Morgan fingerprint density at radius 1 is 0.884 bits per heavy atom. The molecule has 1 aliphatic heterocycles. The van der Waals surface area contributed by atoms with E-state index >= 15 is 0 Å². The van der Waals surface area contributed by atoms with E-state index in [2.05, 4.69) is 54.5 Å². The number of fused-ring (bicyclic) bond motifs is 7. The van der Waals surface area contributed by atoms with Gasteiger partial charge in [0, 0.05) is 0 Å². The molecule has 4 N–H and O–H groups in total. The molecule has 6 rings (SSSR count). The Morgan fingerprint density at radius 2 is 1.58 bits per heavy atom. The quantitative estimate of drug-likeness (QED) is 0.248. The Hall–Kier alpha value is -0.990. The molecule has 1 heterocycles. The summed E-state index contributed by atoms with van der Waals surface area (Å²) < 4.78 is 11.6. The number of hydrogen-bond acceptors (Lipinski definition) is 7. The van der Waals surface area contributed by atoms with Gasteiger partial charge in [-0.25, -0.2) is 0 Å². The number of esters is 1. The van der Waals surface area contributed by atoms with Crippen LogP contribution in [-0.2, 0) is 14.3 Å². The van der Waals surface area contributed by atoms with E-state index in [0.29, 0.717) is 23.2 Å². The van der Waals surface area contributed by atoms with Gasteiger partial charge in [0.15, 0.2) is 0 Å². The van der Waals surface area contributed by atoms with E-state index in [4.69, 9.17) is 9.47 Å². The van der Waals surface area contributed by atoms with E-state index in [1.807, 2.05) is 0 Å². The number of aliphatic hydroxyl groups excluding tert-OH is 4. The number of carbonyl (C=O) groups excluding carboxylic acids is 1. The summed E-state index contributed by atoms with van der Waals surface area (Å²) in [6, 6.07) is 0. The fourth-order valence-corrected chi connectivity index (χ4v) is 12.1. The van der Waals surface area contributed by atoms with Gasteiger partial charge in [0.1, 0.15) is 24.4 Å². The molecule has 12 atom stereocenters. The highest BCUT2D eigenvalue weighted by molar-refractivity contribution is 5.79. The van der Waals surface area contributed by atoms with Crippen LogP contribution in [0.4, 0.5) is 0 Å². The summed E-state index contributed by atoms with van der Waals surface area (Å²) in [5.74, 6) is 1.03. The smallest absolute Gasteiger partial charge is 0.315 e. The van der Waals surface area contributed by atoms with Crippen LogP contribution in [-0.4, -0.2) is 63.7 Å². The molecule has 43 heavy (non-hydrogen) atoms. The second-order valence-electron chi connectivity index (χ2n) is 17.8. The van der Waals surface area contributed by atoms with Gasteiger partial charge in [-0.15, -0.1) is 0 Å². The maximum Gasteiger partial charge on any atom is 0.315 e. The van der Waals surface area contributed by atoms with Gasteiger partial charge < -0.3 is 29.9 Å². The molecule has 0 radical (unpaired) electrons. The second kappa shape index (κ2) is 10.3. The Morgan fingerprint density at radius 3 is 2.28 bits per heavy atom. The van der Waals surface area contributed by atoms with Crippen LogP contribution in [0.1, 0.15) is 119 Å². The summed E-state index contributed by atoms with van der Waals surface area (Å²) >= 11 is 0. The minimum atomic E-state index is -1.59. The molecule has 4 saturated carbocycles. The first-order chi connectivity index (χ1) is 20.0. The van der Waals surface area contributed by atoms with Crippen molar-refractivity contribution < 1.29 is 34.7 Å². The van der Waals surface area contributed by atoms with E-state index in [9.17, 15) is 25.2 Å². The SMILES string of the molecule is CC1(C)CC[C@]2(C(=O)O[C@@H]3O[C@H](CO)[C@@H](O)[C@H](O)[C@H]3O)CC[C@]3(C)C(=CC[C@@H]4[C@@]5(C)CCCC(C)(C)[C@@H]5CC[C@]43C)[C@@H]2C1.